The molecule has 0 aromatic rings. The summed E-state index contributed by atoms with van der Waals surface area (Å²) in [5, 5.41) is 2.63. The van der Waals surface area contributed by atoms with E-state index in [9.17, 15) is 9.59 Å². The average Bonchev–Trinajstić information content (AvgIpc) is 2.53. The van der Waals surface area contributed by atoms with Gasteiger partial charge in [-0.1, -0.05) is 25.1 Å². The molecule has 3 amide bonds. The van der Waals surface area contributed by atoms with E-state index in [1.807, 2.05) is 6.92 Å². The average molecular weight is 271 g/mol. The lowest BCUT2D eigenvalue weighted by atomic mass is 9.99. The molecule has 0 bridgehead atoms. The van der Waals surface area contributed by atoms with E-state index in [2.05, 4.69) is 16.9 Å². The predicted molar refractivity (Wildman–Crippen MR) is 69.8 cm³/mol. The molecule has 0 saturated carbocycles. The van der Waals surface area contributed by atoms with Crippen molar-refractivity contribution >= 4 is 29.8 Å². The van der Waals surface area contributed by atoms with E-state index in [4.69, 9.17) is 17.3 Å². The monoisotopic (exact) mass is 270 g/mol. The van der Waals surface area contributed by atoms with Gasteiger partial charge in [0.1, 0.15) is 10.7 Å². The van der Waals surface area contributed by atoms with Crippen LogP contribution in [-0.2, 0) is 4.79 Å². The Balaban J connectivity index is 3.06. The van der Waals surface area contributed by atoms with E-state index in [1.165, 1.54) is 6.21 Å². The first-order valence-electron chi connectivity index (χ1n) is 5.32. The van der Waals surface area contributed by atoms with Crippen LogP contribution in [0.4, 0.5) is 4.79 Å². The van der Waals surface area contributed by atoms with Gasteiger partial charge in [0.05, 0.1) is 11.9 Å². The second kappa shape index (κ2) is 5.22. The van der Waals surface area contributed by atoms with Crippen molar-refractivity contribution in [2.75, 3.05) is 0 Å². The van der Waals surface area contributed by atoms with Crippen molar-refractivity contribution in [3.63, 3.8) is 0 Å². The summed E-state index contributed by atoms with van der Waals surface area (Å²) in [6, 6.07) is -0.535. The quantitative estimate of drug-likeness (QED) is 0.458. The van der Waals surface area contributed by atoms with Crippen LogP contribution in [0.2, 0.25) is 0 Å². The highest BCUT2D eigenvalue weighted by atomic mass is 35.5. The Morgan fingerprint density at radius 2 is 2.28 bits per heavy atom. The third kappa shape index (κ3) is 2.53. The topological polar surface area (TPSA) is 87.8 Å². The summed E-state index contributed by atoms with van der Waals surface area (Å²) < 4.78 is 0. The Hall–Kier alpha value is -1.82. The van der Waals surface area contributed by atoms with Crippen molar-refractivity contribution in [1.82, 2.24) is 10.2 Å². The minimum atomic E-state index is -0.919. The minimum Gasteiger partial charge on any atom is -0.403 e. The maximum atomic E-state index is 12.1. The number of amides is 3. The Morgan fingerprint density at radius 1 is 1.67 bits per heavy atom. The van der Waals surface area contributed by atoms with Gasteiger partial charge < -0.3 is 11.1 Å². The molecule has 6 nitrogen and oxygen atoms in total. The summed E-state index contributed by atoms with van der Waals surface area (Å²) in [7, 11) is 0. The smallest absolute Gasteiger partial charge is 0.329 e. The molecule has 98 valence electrons. The van der Waals surface area contributed by atoms with Crippen LogP contribution in [0.25, 0.3) is 0 Å². The number of carbonyl (C=O) groups excluding carboxylic acids is 2. The molecular formula is C11H15ClN4O2. The standard InChI is InChI=1S/C11H15ClN4O2/c1-4-11(3)9(17)16(10(18)15-11)8(5-13)6-14-7(2)12/h5-6H,2,4,13H2,1,3H3,(H,15,18)/b8-5+,14-6?/t11-/m1/s1. The maximum absolute atomic E-state index is 12.1. The fourth-order valence-corrected chi connectivity index (χ4v) is 1.52. The van der Waals surface area contributed by atoms with Crippen molar-refractivity contribution < 1.29 is 9.59 Å². The van der Waals surface area contributed by atoms with Gasteiger partial charge in [-0.05, 0) is 13.3 Å². The molecule has 1 heterocycles. The molecular weight excluding hydrogens is 256 g/mol. The highest BCUT2D eigenvalue weighted by molar-refractivity contribution is 6.29. The minimum absolute atomic E-state index is 0.0275. The highest BCUT2D eigenvalue weighted by Gasteiger charge is 2.47. The molecule has 0 spiro atoms. The summed E-state index contributed by atoms with van der Waals surface area (Å²) in [4.78, 5) is 28.6. The van der Waals surface area contributed by atoms with E-state index < -0.39 is 11.6 Å². The Morgan fingerprint density at radius 3 is 2.67 bits per heavy atom. The molecule has 0 aromatic carbocycles. The number of imide groups is 1. The molecule has 18 heavy (non-hydrogen) atoms. The van der Waals surface area contributed by atoms with Crippen LogP contribution in [0.15, 0.2) is 28.6 Å². The fourth-order valence-electron chi connectivity index (χ4n) is 1.47. The van der Waals surface area contributed by atoms with Crippen LogP contribution in [0, 0.1) is 0 Å². The van der Waals surface area contributed by atoms with Crippen molar-refractivity contribution in [2.45, 2.75) is 25.8 Å². The van der Waals surface area contributed by atoms with E-state index in [-0.39, 0.29) is 16.8 Å². The summed E-state index contributed by atoms with van der Waals surface area (Å²) in [5.74, 6) is -0.377. The van der Waals surface area contributed by atoms with Gasteiger partial charge in [0, 0.05) is 6.20 Å². The summed E-state index contributed by atoms with van der Waals surface area (Å²) in [6.45, 7) is 6.83. The largest absolute Gasteiger partial charge is 0.403 e. The normalized spacial score (nSPS) is 24.8. The summed E-state index contributed by atoms with van der Waals surface area (Å²) >= 11 is 5.48. The van der Waals surface area contributed by atoms with Crippen molar-refractivity contribution in [3.8, 4) is 0 Å². The number of urea groups is 1. The van der Waals surface area contributed by atoms with Crippen molar-refractivity contribution in [3.05, 3.63) is 23.6 Å². The number of hydrogen-bond acceptors (Lipinski definition) is 4. The van der Waals surface area contributed by atoms with E-state index in [1.54, 1.807) is 6.92 Å². The molecule has 0 radical (unpaired) electrons. The number of rotatable bonds is 4. The van der Waals surface area contributed by atoms with Gasteiger partial charge in [0.25, 0.3) is 5.91 Å². The number of hydrogen-bond donors (Lipinski definition) is 2. The molecule has 1 rings (SSSR count). The van der Waals surface area contributed by atoms with Crippen molar-refractivity contribution in [2.24, 2.45) is 10.7 Å². The number of halogens is 1. The van der Waals surface area contributed by atoms with E-state index >= 15 is 0 Å². The summed E-state index contributed by atoms with van der Waals surface area (Å²) in [5.41, 5.74) is 4.62. The Bertz CT molecular complexity index is 458. The number of nitrogens with one attached hydrogen (secondary N) is 1. The van der Waals surface area contributed by atoms with E-state index in [0.29, 0.717) is 6.42 Å². The predicted octanol–water partition coefficient (Wildman–Crippen LogP) is 1.29. The van der Waals surface area contributed by atoms with Crippen LogP contribution >= 0.6 is 11.6 Å². The van der Waals surface area contributed by atoms with Crippen molar-refractivity contribution in [1.29, 1.82) is 0 Å². The van der Waals surface area contributed by atoms with Gasteiger partial charge >= 0.3 is 6.03 Å². The molecule has 1 saturated heterocycles. The molecule has 0 unspecified atom stereocenters. The first kappa shape index (κ1) is 14.2. The SMILES string of the molecule is C=C(Cl)N=C/C(=C\N)N1C(=O)N[C@](C)(CC)C1=O. The highest BCUT2D eigenvalue weighted by Crippen LogP contribution is 2.23. The zero-order valence-electron chi connectivity index (χ0n) is 10.2. The number of allylic oxidation sites excluding steroid dienone is 1. The van der Waals surface area contributed by atoms with Gasteiger partial charge in [-0.15, -0.1) is 0 Å². The van der Waals surface area contributed by atoms with Crippen LogP contribution in [-0.4, -0.2) is 28.6 Å². The maximum Gasteiger partial charge on any atom is 0.329 e. The fraction of sp³-hybridized carbons (Fsp3) is 0.364. The second-order valence-corrected chi connectivity index (χ2v) is 4.42. The third-order valence-electron chi connectivity index (χ3n) is 2.73. The second-order valence-electron chi connectivity index (χ2n) is 3.98. The molecule has 1 fully saturated rings. The lowest BCUT2D eigenvalue weighted by Crippen LogP contribution is -2.43. The van der Waals surface area contributed by atoms with Gasteiger partial charge in [0.2, 0.25) is 0 Å². The zero-order valence-corrected chi connectivity index (χ0v) is 11.0. The lowest BCUT2D eigenvalue weighted by Gasteiger charge is -2.19. The van der Waals surface area contributed by atoms with Gasteiger partial charge in [0.15, 0.2) is 0 Å². The third-order valence-corrected chi connectivity index (χ3v) is 2.83. The van der Waals surface area contributed by atoms with Crippen LogP contribution in [0.3, 0.4) is 0 Å². The first-order chi connectivity index (χ1) is 8.35. The van der Waals surface area contributed by atoms with Gasteiger partial charge in [-0.3, -0.25) is 4.79 Å². The zero-order chi connectivity index (χ0) is 13.9. The van der Waals surface area contributed by atoms with Crippen LogP contribution in [0.1, 0.15) is 20.3 Å². The number of aliphatic imine (C=N–C) groups is 1. The van der Waals surface area contributed by atoms with Crippen LogP contribution < -0.4 is 11.1 Å². The Kier molecular flexibility index (Phi) is 4.13. The Labute approximate surface area is 110 Å². The number of nitrogens with zero attached hydrogens (tertiary/aromatic N) is 2. The lowest BCUT2D eigenvalue weighted by molar-refractivity contribution is -0.129. The summed E-state index contributed by atoms with van der Waals surface area (Å²) in [6.07, 6.45) is 2.81. The van der Waals surface area contributed by atoms with Crippen LogP contribution in [0.5, 0.6) is 0 Å². The molecule has 3 N–H and O–H groups in total. The number of carbonyl (C=O) groups is 2. The van der Waals surface area contributed by atoms with E-state index in [0.717, 1.165) is 11.1 Å². The molecule has 0 aromatic heterocycles. The van der Waals surface area contributed by atoms with Gasteiger partial charge in [-0.2, -0.15) is 0 Å². The molecule has 1 atom stereocenters. The molecule has 7 heteroatoms. The molecule has 1 aliphatic rings. The first-order valence-corrected chi connectivity index (χ1v) is 5.70. The molecule has 1 aliphatic heterocycles. The van der Waals surface area contributed by atoms with Gasteiger partial charge in [-0.25, -0.2) is 14.7 Å². The molecule has 0 aliphatic carbocycles. The number of nitrogens with two attached hydrogens (primary N) is 1.